The van der Waals surface area contributed by atoms with Crippen molar-refractivity contribution in [1.82, 2.24) is 20.3 Å². The molecule has 1 rings (SSSR count). The second-order valence-electron chi connectivity index (χ2n) is 4.38. The number of aromatic nitrogens is 3. The maximum Gasteiger partial charge on any atom is 0.241 e. The van der Waals surface area contributed by atoms with Crippen molar-refractivity contribution < 1.29 is 13.2 Å². The summed E-state index contributed by atoms with van der Waals surface area (Å²) in [6, 6.07) is 0. The summed E-state index contributed by atoms with van der Waals surface area (Å²) >= 11 is 0. The lowest BCUT2D eigenvalue weighted by Crippen LogP contribution is -2.29. The Labute approximate surface area is 112 Å². The van der Waals surface area contributed by atoms with Gasteiger partial charge in [-0.2, -0.15) is 0 Å². The van der Waals surface area contributed by atoms with E-state index in [4.69, 9.17) is 5.73 Å². The first-order chi connectivity index (χ1) is 8.80. The van der Waals surface area contributed by atoms with Crippen molar-refractivity contribution in [2.75, 3.05) is 12.3 Å². The summed E-state index contributed by atoms with van der Waals surface area (Å²) in [7, 11) is -3.59. The minimum Gasteiger partial charge on any atom is -0.381 e. The highest BCUT2D eigenvalue weighted by molar-refractivity contribution is 7.92. The van der Waals surface area contributed by atoms with Crippen LogP contribution in [-0.2, 0) is 21.2 Å². The SMILES string of the molecule is CCCNC(=O)Cn1nnc(S(=O)(=O)C(C)C)c1N. The molecule has 0 aliphatic carbocycles. The summed E-state index contributed by atoms with van der Waals surface area (Å²) in [5.74, 6) is -0.396. The Morgan fingerprint density at radius 2 is 2.11 bits per heavy atom. The van der Waals surface area contributed by atoms with Crippen LogP contribution < -0.4 is 11.1 Å². The molecule has 3 N–H and O–H groups in total. The predicted molar refractivity (Wildman–Crippen MR) is 70.1 cm³/mol. The van der Waals surface area contributed by atoms with Gasteiger partial charge in [0.2, 0.25) is 20.8 Å². The Balaban J connectivity index is 2.91. The zero-order valence-electron chi connectivity index (χ0n) is 11.3. The standard InChI is InChI=1S/C10H19N5O3S/c1-4-5-12-8(16)6-15-9(11)10(13-14-15)19(17,18)7(2)3/h7H,4-6,11H2,1-3H3,(H,12,16). The van der Waals surface area contributed by atoms with Gasteiger partial charge in [-0.3, -0.25) is 4.79 Å². The summed E-state index contributed by atoms with van der Waals surface area (Å²) in [6.07, 6.45) is 0.811. The fourth-order valence-electron chi connectivity index (χ4n) is 1.30. The van der Waals surface area contributed by atoms with Crippen molar-refractivity contribution in [3.63, 3.8) is 0 Å². The van der Waals surface area contributed by atoms with Gasteiger partial charge >= 0.3 is 0 Å². The minimum atomic E-state index is -3.59. The number of carbonyl (C=O) groups is 1. The Hall–Kier alpha value is -1.64. The molecule has 0 spiro atoms. The average molecular weight is 289 g/mol. The van der Waals surface area contributed by atoms with Crippen LogP contribution in [0.5, 0.6) is 0 Å². The number of nitrogens with one attached hydrogen (secondary N) is 1. The molecule has 0 saturated carbocycles. The van der Waals surface area contributed by atoms with E-state index in [-0.39, 0.29) is 23.3 Å². The Morgan fingerprint density at radius 1 is 1.47 bits per heavy atom. The third-order valence-electron chi connectivity index (χ3n) is 2.50. The van der Waals surface area contributed by atoms with E-state index in [2.05, 4.69) is 15.6 Å². The van der Waals surface area contributed by atoms with Crippen molar-refractivity contribution in [2.45, 2.75) is 44.0 Å². The molecule has 108 valence electrons. The van der Waals surface area contributed by atoms with Crippen LogP contribution in [0.3, 0.4) is 0 Å². The first-order valence-corrected chi connectivity index (χ1v) is 7.54. The molecule has 0 unspecified atom stereocenters. The topological polar surface area (TPSA) is 120 Å². The molecule has 19 heavy (non-hydrogen) atoms. The summed E-state index contributed by atoms with van der Waals surface area (Å²) in [6.45, 7) is 5.39. The van der Waals surface area contributed by atoms with Crippen LogP contribution in [0.2, 0.25) is 0 Å². The number of nitrogen functional groups attached to an aromatic ring is 1. The zero-order valence-corrected chi connectivity index (χ0v) is 12.1. The van der Waals surface area contributed by atoms with E-state index in [0.29, 0.717) is 6.54 Å². The van der Waals surface area contributed by atoms with Crippen molar-refractivity contribution in [3.05, 3.63) is 0 Å². The van der Waals surface area contributed by atoms with Crippen molar-refractivity contribution >= 4 is 21.6 Å². The fourth-order valence-corrected chi connectivity index (χ4v) is 2.30. The molecule has 1 aromatic rings. The van der Waals surface area contributed by atoms with Crippen LogP contribution in [0.1, 0.15) is 27.2 Å². The highest BCUT2D eigenvalue weighted by atomic mass is 32.2. The number of amides is 1. The maximum absolute atomic E-state index is 11.9. The van der Waals surface area contributed by atoms with Crippen molar-refractivity contribution in [3.8, 4) is 0 Å². The second-order valence-corrected chi connectivity index (χ2v) is 6.80. The number of hydrogen-bond acceptors (Lipinski definition) is 6. The molecule has 0 fully saturated rings. The molecule has 0 aromatic carbocycles. The van der Waals surface area contributed by atoms with E-state index in [0.717, 1.165) is 11.1 Å². The number of hydrogen-bond donors (Lipinski definition) is 2. The van der Waals surface area contributed by atoms with E-state index >= 15 is 0 Å². The van der Waals surface area contributed by atoms with E-state index in [9.17, 15) is 13.2 Å². The number of carbonyl (C=O) groups excluding carboxylic acids is 1. The number of nitrogens with zero attached hydrogens (tertiary/aromatic N) is 3. The molecule has 1 heterocycles. The van der Waals surface area contributed by atoms with E-state index < -0.39 is 15.1 Å². The molecule has 9 heteroatoms. The van der Waals surface area contributed by atoms with Gasteiger partial charge in [0.05, 0.1) is 5.25 Å². The first kappa shape index (κ1) is 15.4. The van der Waals surface area contributed by atoms with Crippen LogP contribution in [0, 0.1) is 0 Å². The largest absolute Gasteiger partial charge is 0.381 e. The van der Waals surface area contributed by atoms with Crippen LogP contribution in [0.25, 0.3) is 0 Å². The highest BCUT2D eigenvalue weighted by Crippen LogP contribution is 2.19. The average Bonchev–Trinajstić information content (AvgIpc) is 2.68. The number of sulfone groups is 1. The smallest absolute Gasteiger partial charge is 0.241 e. The molecule has 0 radical (unpaired) electrons. The van der Waals surface area contributed by atoms with Crippen LogP contribution in [-0.4, -0.2) is 41.1 Å². The Kier molecular flexibility index (Phi) is 4.87. The number of rotatable bonds is 6. The van der Waals surface area contributed by atoms with Gasteiger partial charge in [0.25, 0.3) is 0 Å². The van der Waals surface area contributed by atoms with E-state index in [1.54, 1.807) is 0 Å². The third-order valence-corrected chi connectivity index (χ3v) is 4.57. The van der Waals surface area contributed by atoms with Gasteiger partial charge in [0.15, 0.2) is 5.82 Å². The van der Waals surface area contributed by atoms with Gasteiger partial charge in [-0.25, -0.2) is 13.1 Å². The van der Waals surface area contributed by atoms with Gasteiger partial charge < -0.3 is 11.1 Å². The van der Waals surface area contributed by atoms with Gasteiger partial charge in [-0.1, -0.05) is 12.1 Å². The molecule has 0 aliphatic rings. The predicted octanol–water partition coefficient (Wildman–Crippen LogP) is -0.431. The molecule has 1 amide bonds. The van der Waals surface area contributed by atoms with Crippen molar-refractivity contribution in [2.24, 2.45) is 0 Å². The van der Waals surface area contributed by atoms with E-state index in [1.807, 2.05) is 6.92 Å². The Morgan fingerprint density at radius 3 is 2.63 bits per heavy atom. The van der Waals surface area contributed by atoms with Gasteiger partial charge in [0.1, 0.15) is 6.54 Å². The normalized spacial score (nSPS) is 11.8. The summed E-state index contributed by atoms with van der Waals surface area (Å²) in [5.41, 5.74) is 5.68. The molecule has 8 nitrogen and oxygen atoms in total. The summed E-state index contributed by atoms with van der Waals surface area (Å²) < 4.78 is 24.9. The monoisotopic (exact) mass is 289 g/mol. The van der Waals surface area contributed by atoms with Crippen LogP contribution in [0.4, 0.5) is 5.82 Å². The first-order valence-electron chi connectivity index (χ1n) is 6.00. The molecular formula is C10H19N5O3S. The maximum atomic E-state index is 11.9. The molecule has 1 aromatic heterocycles. The van der Waals surface area contributed by atoms with Gasteiger partial charge in [-0.05, 0) is 20.3 Å². The molecule has 0 aliphatic heterocycles. The molecule has 0 atom stereocenters. The number of nitrogens with two attached hydrogens (primary N) is 1. The Bertz CT molecular complexity index is 550. The lowest BCUT2D eigenvalue weighted by atomic mass is 10.4. The molecular weight excluding hydrogens is 270 g/mol. The number of anilines is 1. The summed E-state index contributed by atoms with van der Waals surface area (Å²) in [4.78, 5) is 11.5. The van der Waals surface area contributed by atoms with Crippen LogP contribution >= 0.6 is 0 Å². The summed E-state index contributed by atoms with van der Waals surface area (Å²) in [5, 5.41) is 8.91. The highest BCUT2D eigenvalue weighted by Gasteiger charge is 2.27. The zero-order chi connectivity index (χ0) is 14.6. The van der Waals surface area contributed by atoms with Crippen LogP contribution in [0.15, 0.2) is 5.03 Å². The van der Waals surface area contributed by atoms with Gasteiger partial charge in [0, 0.05) is 6.54 Å². The van der Waals surface area contributed by atoms with Gasteiger partial charge in [-0.15, -0.1) is 5.10 Å². The fraction of sp³-hybridized carbons (Fsp3) is 0.700. The third kappa shape index (κ3) is 3.43. The minimum absolute atomic E-state index is 0.111. The lowest BCUT2D eigenvalue weighted by Gasteiger charge is -2.06. The molecule has 0 bridgehead atoms. The van der Waals surface area contributed by atoms with E-state index in [1.165, 1.54) is 13.8 Å². The second kappa shape index (κ2) is 6.00. The van der Waals surface area contributed by atoms with Crippen molar-refractivity contribution in [1.29, 1.82) is 0 Å². The quantitative estimate of drug-likeness (QED) is 0.733. The lowest BCUT2D eigenvalue weighted by molar-refractivity contribution is -0.121. The molecule has 0 saturated heterocycles.